The predicted octanol–water partition coefficient (Wildman–Crippen LogP) is 0.196. The third-order valence-corrected chi connectivity index (χ3v) is 2.68. The van der Waals surface area contributed by atoms with Crippen LogP contribution in [0.3, 0.4) is 0 Å². The first-order chi connectivity index (χ1) is 7.63. The first kappa shape index (κ1) is 12.6. The van der Waals surface area contributed by atoms with E-state index in [1.807, 2.05) is 6.92 Å². The van der Waals surface area contributed by atoms with Crippen molar-refractivity contribution in [3.63, 3.8) is 0 Å². The van der Waals surface area contributed by atoms with E-state index in [4.69, 9.17) is 5.11 Å². The fraction of sp³-hybridized carbons (Fsp3) is 0.444. The van der Waals surface area contributed by atoms with Crippen LogP contribution < -0.4 is 5.32 Å². The fourth-order valence-corrected chi connectivity index (χ4v) is 1.77. The molecule has 0 aliphatic carbocycles. The van der Waals surface area contributed by atoms with Gasteiger partial charge in [-0.3, -0.25) is 9.59 Å². The van der Waals surface area contributed by atoms with Crippen molar-refractivity contribution in [3.05, 3.63) is 12.4 Å². The molecule has 0 unspecified atom stereocenters. The number of rotatable bonds is 6. The van der Waals surface area contributed by atoms with Gasteiger partial charge in [-0.2, -0.15) is 0 Å². The van der Waals surface area contributed by atoms with Crippen LogP contribution in [0.4, 0.5) is 0 Å². The first-order valence-electron chi connectivity index (χ1n) is 4.76. The largest absolute Gasteiger partial charge is 0.481 e. The smallest absolute Gasteiger partial charge is 0.313 e. The molecule has 1 heterocycles. The van der Waals surface area contributed by atoms with E-state index in [0.29, 0.717) is 11.7 Å². The Balaban J connectivity index is 2.56. The van der Waals surface area contributed by atoms with Crippen molar-refractivity contribution in [2.75, 3.05) is 12.3 Å². The van der Waals surface area contributed by atoms with Gasteiger partial charge in [0, 0.05) is 18.9 Å². The molecular formula is C9H13N3O3S. The van der Waals surface area contributed by atoms with Crippen LogP contribution >= 0.6 is 11.8 Å². The summed E-state index contributed by atoms with van der Waals surface area (Å²) in [5.41, 5.74) is 0. The number of carbonyl (C=O) groups excluding carboxylic acids is 1. The maximum atomic E-state index is 11.3. The zero-order valence-corrected chi connectivity index (χ0v) is 9.66. The Morgan fingerprint density at radius 2 is 2.38 bits per heavy atom. The molecule has 1 amide bonds. The molecule has 0 saturated heterocycles. The summed E-state index contributed by atoms with van der Waals surface area (Å²) in [6.07, 6.45) is 3.20. The van der Waals surface area contributed by atoms with Gasteiger partial charge < -0.3 is 15.0 Å². The summed E-state index contributed by atoms with van der Waals surface area (Å²) < 4.78 is 1.62. The molecule has 0 aliphatic rings. The molecule has 0 spiro atoms. The van der Waals surface area contributed by atoms with Gasteiger partial charge in [0.1, 0.15) is 6.54 Å². The summed E-state index contributed by atoms with van der Waals surface area (Å²) in [6.45, 7) is 2.58. The van der Waals surface area contributed by atoms with E-state index in [2.05, 4.69) is 10.3 Å². The van der Waals surface area contributed by atoms with Gasteiger partial charge in [-0.05, 0) is 6.92 Å². The summed E-state index contributed by atoms with van der Waals surface area (Å²) in [4.78, 5) is 25.7. The van der Waals surface area contributed by atoms with E-state index in [1.54, 1.807) is 17.0 Å². The fourth-order valence-electron chi connectivity index (χ4n) is 1.09. The highest BCUT2D eigenvalue weighted by molar-refractivity contribution is 7.99. The Labute approximate surface area is 97.1 Å². The van der Waals surface area contributed by atoms with Gasteiger partial charge in [0.05, 0.1) is 5.75 Å². The van der Waals surface area contributed by atoms with Crippen LogP contribution in [0, 0.1) is 0 Å². The van der Waals surface area contributed by atoms with Gasteiger partial charge in [-0.15, -0.1) is 0 Å². The molecule has 1 rings (SSSR count). The van der Waals surface area contributed by atoms with Crippen molar-refractivity contribution in [2.24, 2.45) is 0 Å². The van der Waals surface area contributed by atoms with Crippen LogP contribution in [0.2, 0.25) is 0 Å². The lowest BCUT2D eigenvalue weighted by Gasteiger charge is -2.06. The Hall–Kier alpha value is -1.50. The SMILES string of the molecule is CCNC(=O)Cn1ccnc1SCC(=O)O. The Morgan fingerprint density at radius 1 is 1.62 bits per heavy atom. The standard InChI is InChI=1S/C9H13N3O3S/c1-2-10-7(13)5-12-4-3-11-9(12)16-6-8(14)15/h3-4H,2,5-6H2,1H3,(H,10,13)(H,14,15). The predicted molar refractivity (Wildman–Crippen MR) is 59.3 cm³/mol. The maximum Gasteiger partial charge on any atom is 0.313 e. The number of imidazole rings is 1. The molecule has 0 saturated carbocycles. The molecule has 0 atom stereocenters. The highest BCUT2D eigenvalue weighted by atomic mass is 32.2. The maximum absolute atomic E-state index is 11.3. The number of hydrogen-bond donors (Lipinski definition) is 2. The van der Waals surface area contributed by atoms with Gasteiger partial charge in [0.25, 0.3) is 0 Å². The molecule has 6 nitrogen and oxygen atoms in total. The van der Waals surface area contributed by atoms with Crippen molar-refractivity contribution in [1.82, 2.24) is 14.9 Å². The number of amides is 1. The second-order valence-electron chi connectivity index (χ2n) is 2.97. The zero-order valence-electron chi connectivity index (χ0n) is 8.84. The summed E-state index contributed by atoms with van der Waals surface area (Å²) in [6, 6.07) is 0. The van der Waals surface area contributed by atoms with Gasteiger partial charge in [0.2, 0.25) is 5.91 Å². The second kappa shape index (κ2) is 6.16. The number of hydrogen-bond acceptors (Lipinski definition) is 4. The molecule has 2 N–H and O–H groups in total. The highest BCUT2D eigenvalue weighted by Gasteiger charge is 2.08. The van der Waals surface area contributed by atoms with Crippen molar-refractivity contribution in [3.8, 4) is 0 Å². The lowest BCUT2D eigenvalue weighted by Crippen LogP contribution is -2.27. The van der Waals surface area contributed by atoms with Crippen molar-refractivity contribution in [2.45, 2.75) is 18.6 Å². The zero-order chi connectivity index (χ0) is 12.0. The van der Waals surface area contributed by atoms with Crippen LogP contribution in [0.15, 0.2) is 17.6 Å². The van der Waals surface area contributed by atoms with E-state index in [0.717, 1.165) is 11.8 Å². The quantitative estimate of drug-likeness (QED) is 0.697. The van der Waals surface area contributed by atoms with Crippen LogP contribution in [0.1, 0.15) is 6.92 Å². The monoisotopic (exact) mass is 243 g/mol. The third kappa shape index (κ3) is 3.93. The van der Waals surface area contributed by atoms with Crippen molar-refractivity contribution < 1.29 is 14.7 Å². The average Bonchev–Trinajstić information content (AvgIpc) is 2.62. The summed E-state index contributed by atoms with van der Waals surface area (Å²) in [7, 11) is 0. The summed E-state index contributed by atoms with van der Waals surface area (Å²) >= 11 is 1.09. The second-order valence-corrected chi connectivity index (χ2v) is 3.92. The third-order valence-electron chi connectivity index (χ3n) is 1.69. The Morgan fingerprint density at radius 3 is 3.00 bits per heavy atom. The van der Waals surface area contributed by atoms with E-state index < -0.39 is 5.97 Å². The molecule has 0 fully saturated rings. The number of thioether (sulfide) groups is 1. The summed E-state index contributed by atoms with van der Waals surface area (Å²) in [5.74, 6) is -1.08. The number of carbonyl (C=O) groups is 2. The summed E-state index contributed by atoms with van der Waals surface area (Å²) in [5, 5.41) is 11.7. The number of carboxylic acids is 1. The van der Waals surface area contributed by atoms with Gasteiger partial charge >= 0.3 is 5.97 Å². The van der Waals surface area contributed by atoms with Gasteiger partial charge in [0.15, 0.2) is 5.16 Å². The van der Waals surface area contributed by atoms with E-state index in [-0.39, 0.29) is 18.2 Å². The molecule has 0 radical (unpaired) electrons. The van der Waals surface area contributed by atoms with E-state index in [1.165, 1.54) is 0 Å². The molecule has 16 heavy (non-hydrogen) atoms. The number of nitrogens with one attached hydrogen (secondary N) is 1. The molecule has 0 aromatic carbocycles. The number of nitrogens with zero attached hydrogens (tertiary/aromatic N) is 2. The van der Waals surface area contributed by atoms with Crippen molar-refractivity contribution in [1.29, 1.82) is 0 Å². The number of carboxylic acid groups (broad SMARTS) is 1. The normalized spacial score (nSPS) is 10.1. The molecule has 0 aliphatic heterocycles. The van der Waals surface area contributed by atoms with Crippen LogP contribution in [0.25, 0.3) is 0 Å². The Bertz CT molecular complexity index is 378. The molecule has 7 heteroatoms. The Kier molecular flexibility index (Phi) is 4.84. The minimum absolute atomic E-state index is 0.0631. The minimum atomic E-state index is -0.905. The number of aromatic nitrogens is 2. The molecule has 1 aromatic rings. The van der Waals surface area contributed by atoms with Gasteiger partial charge in [-0.1, -0.05) is 11.8 Å². The number of aliphatic carboxylic acids is 1. The van der Waals surface area contributed by atoms with Crippen LogP contribution in [0.5, 0.6) is 0 Å². The number of likely N-dealkylation sites (N-methyl/N-ethyl adjacent to an activating group) is 1. The topological polar surface area (TPSA) is 84.2 Å². The van der Waals surface area contributed by atoms with E-state index in [9.17, 15) is 9.59 Å². The first-order valence-corrected chi connectivity index (χ1v) is 5.74. The average molecular weight is 243 g/mol. The van der Waals surface area contributed by atoms with E-state index >= 15 is 0 Å². The van der Waals surface area contributed by atoms with Crippen molar-refractivity contribution >= 4 is 23.6 Å². The molecule has 1 aromatic heterocycles. The lowest BCUT2D eigenvalue weighted by molar-refractivity contribution is -0.133. The van der Waals surface area contributed by atoms with Gasteiger partial charge in [-0.25, -0.2) is 4.98 Å². The molecule has 88 valence electrons. The van der Waals surface area contributed by atoms with Crippen LogP contribution in [-0.4, -0.2) is 38.8 Å². The van der Waals surface area contributed by atoms with Crippen LogP contribution in [-0.2, 0) is 16.1 Å². The highest BCUT2D eigenvalue weighted by Crippen LogP contribution is 2.14. The minimum Gasteiger partial charge on any atom is -0.481 e. The molecular weight excluding hydrogens is 230 g/mol. The molecule has 0 bridgehead atoms. The lowest BCUT2D eigenvalue weighted by atomic mass is 10.5.